The lowest BCUT2D eigenvalue weighted by atomic mass is 10.1. The van der Waals surface area contributed by atoms with Gasteiger partial charge in [-0.05, 0) is 36.6 Å². The summed E-state index contributed by atoms with van der Waals surface area (Å²) in [5, 5.41) is 5.61. The Bertz CT molecular complexity index is 722. The van der Waals surface area contributed by atoms with Gasteiger partial charge in [0.2, 0.25) is 5.91 Å². The highest BCUT2D eigenvalue weighted by atomic mass is 32.2. The van der Waals surface area contributed by atoms with Crippen LogP contribution in [0.15, 0.2) is 48.5 Å². The van der Waals surface area contributed by atoms with Crippen molar-refractivity contribution in [2.45, 2.75) is 54.4 Å². The molecule has 0 aromatic heterocycles. The van der Waals surface area contributed by atoms with Gasteiger partial charge >= 0.3 is 0 Å². The lowest BCUT2D eigenvalue weighted by Crippen LogP contribution is -2.15. The van der Waals surface area contributed by atoms with Crippen molar-refractivity contribution in [2.24, 2.45) is 0 Å². The largest absolute Gasteiger partial charge is 0.495 e. The topological polar surface area (TPSA) is 67.4 Å². The van der Waals surface area contributed by atoms with Crippen LogP contribution in [-0.2, 0) is 4.79 Å². The molecule has 5 nitrogen and oxygen atoms in total. The van der Waals surface area contributed by atoms with Crippen molar-refractivity contribution >= 4 is 35.0 Å². The maximum Gasteiger partial charge on any atom is 0.255 e. The molecule has 6 heteroatoms. The van der Waals surface area contributed by atoms with E-state index in [4.69, 9.17) is 4.74 Å². The highest BCUT2D eigenvalue weighted by Crippen LogP contribution is 2.26. The van der Waals surface area contributed by atoms with Gasteiger partial charge in [-0.1, -0.05) is 66.2 Å². The third-order valence-electron chi connectivity index (χ3n) is 3.30. The lowest BCUT2D eigenvalue weighted by molar-refractivity contribution is -0.115. The number of hydrogen-bond donors (Lipinski definition) is 2. The first-order valence-electron chi connectivity index (χ1n) is 10.9. The zero-order valence-corrected chi connectivity index (χ0v) is 21.2. The summed E-state index contributed by atoms with van der Waals surface area (Å²) in [5.41, 5.74) is 1.65. The number of methoxy groups -OCH3 is 1. The summed E-state index contributed by atoms with van der Waals surface area (Å²) < 4.78 is 5.25. The van der Waals surface area contributed by atoms with Crippen LogP contribution < -0.4 is 15.4 Å². The summed E-state index contributed by atoms with van der Waals surface area (Å²) in [6, 6.07) is 14.2. The Balaban J connectivity index is 0. The second-order valence-corrected chi connectivity index (χ2v) is 6.72. The quantitative estimate of drug-likeness (QED) is 0.474. The minimum Gasteiger partial charge on any atom is -0.495 e. The number of para-hydroxylation sites is 1. The lowest BCUT2D eigenvalue weighted by Gasteiger charge is -2.12. The van der Waals surface area contributed by atoms with Gasteiger partial charge in [-0.25, -0.2) is 0 Å². The minimum atomic E-state index is -0.247. The van der Waals surface area contributed by atoms with Crippen LogP contribution in [0.4, 0.5) is 11.4 Å². The summed E-state index contributed by atoms with van der Waals surface area (Å²) in [4.78, 5) is 24.3. The fourth-order valence-corrected chi connectivity index (χ4v) is 2.47. The van der Waals surface area contributed by atoms with E-state index < -0.39 is 0 Å². The molecule has 2 N–H and O–H groups in total. The van der Waals surface area contributed by atoms with Gasteiger partial charge in [-0.15, -0.1) is 0 Å². The van der Waals surface area contributed by atoms with Crippen molar-refractivity contribution in [3.63, 3.8) is 0 Å². The number of thioether (sulfide) groups is 1. The van der Waals surface area contributed by atoms with E-state index in [0.29, 0.717) is 29.1 Å². The standard InChI is InChI=1S/C18H20N2O3S.C3H8.2C2H6/c1-23-16-9-8-13(12-15(16)20-17(21)10-11-24-2)18(22)19-14-6-4-3-5-7-14;1-3-2;2*1-2/h3-9,12H,10-11H2,1-2H3,(H,19,22)(H,20,21);3H2,1-2H3;2*1-2H3. The van der Waals surface area contributed by atoms with E-state index in [1.165, 1.54) is 13.5 Å². The van der Waals surface area contributed by atoms with Crippen molar-refractivity contribution in [2.75, 3.05) is 29.8 Å². The molecule has 0 bridgehead atoms. The predicted octanol–water partition coefficient (Wildman–Crippen LogP) is 7.11. The zero-order valence-electron chi connectivity index (χ0n) is 20.4. The van der Waals surface area contributed by atoms with Crippen molar-refractivity contribution in [3.8, 4) is 5.75 Å². The van der Waals surface area contributed by atoms with Gasteiger partial charge in [0, 0.05) is 23.4 Å². The van der Waals surface area contributed by atoms with Gasteiger partial charge in [0.1, 0.15) is 5.75 Å². The second-order valence-electron chi connectivity index (χ2n) is 5.73. The molecule has 0 fully saturated rings. The average Bonchev–Trinajstić information content (AvgIpc) is 2.81. The first kappa shape index (κ1) is 30.7. The Labute approximate surface area is 193 Å². The van der Waals surface area contributed by atoms with E-state index in [0.717, 1.165) is 5.75 Å². The fourth-order valence-electron chi connectivity index (χ4n) is 2.08. The second kappa shape index (κ2) is 20.8. The van der Waals surface area contributed by atoms with Crippen LogP contribution in [0.5, 0.6) is 5.75 Å². The Morgan fingerprint density at radius 1 is 0.935 bits per heavy atom. The van der Waals surface area contributed by atoms with Gasteiger partial charge in [-0.2, -0.15) is 11.8 Å². The summed E-state index contributed by atoms with van der Waals surface area (Å²) in [7, 11) is 1.52. The Kier molecular flexibility index (Phi) is 20.6. The summed E-state index contributed by atoms with van der Waals surface area (Å²) >= 11 is 1.60. The van der Waals surface area contributed by atoms with Crippen LogP contribution in [0.2, 0.25) is 0 Å². The maximum atomic E-state index is 12.4. The molecule has 0 saturated heterocycles. The number of carbonyl (C=O) groups is 2. The monoisotopic (exact) mass is 448 g/mol. The van der Waals surface area contributed by atoms with E-state index >= 15 is 0 Å². The summed E-state index contributed by atoms with van der Waals surface area (Å²) in [6.07, 6.45) is 3.60. The number of benzene rings is 2. The molecule has 0 unspecified atom stereocenters. The van der Waals surface area contributed by atoms with Crippen molar-refractivity contribution in [1.29, 1.82) is 0 Å². The van der Waals surface area contributed by atoms with Gasteiger partial charge in [0.15, 0.2) is 0 Å². The molecule has 0 saturated carbocycles. The van der Waals surface area contributed by atoms with E-state index in [9.17, 15) is 9.59 Å². The molecule has 2 aromatic rings. The van der Waals surface area contributed by atoms with Crippen LogP contribution in [-0.4, -0.2) is 30.9 Å². The van der Waals surface area contributed by atoms with Gasteiger partial charge in [-0.3, -0.25) is 9.59 Å². The molecule has 0 aliphatic rings. The molecule has 0 atom stereocenters. The molecule has 0 heterocycles. The molecule has 0 aliphatic heterocycles. The Hall–Kier alpha value is -2.47. The van der Waals surface area contributed by atoms with Crippen LogP contribution in [0.3, 0.4) is 0 Å². The summed E-state index contributed by atoms with van der Waals surface area (Å²) in [5.74, 6) is 0.901. The molecule has 174 valence electrons. The number of amides is 2. The van der Waals surface area contributed by atoms with Gasteiger partial charge in [0.05, 0.1) is 12.8 Å². The molecular formula is C25H40N2O3S. The molecule has 2 amide bonds. The van der Waals surface area contributed by atoms with Gasteiger partial charge in [0.25, 0.3) is 5.91 Å². The number of nitrogens with one attached hydrogen (secondary N) is 2. The zero-order chi connectivity index (χ0) is 24.1. The molecule has 2 aromatic carbocycles. The smallest absolute Gasteiger partial charge is 0.255 e. The predicted molar refractivity (Wildman–Crippen MR) is 138 cm³/mol. The van der Waals surface area contributed by atoms with Crippen molar-refractivity contribution in [3.05, 3.63) is 54.1 Å². The minimum absolute atomic E-state index is 0.108. The Morgan fingerprint density at radius 2 is 1.52 bits per heavy atom. The normalized spacial score (nSPS) is 8.77. The van der Waals surface area contributed by atoms with Crippen molar-refractivity contribution < 1.29 is 14.3 Å². The molecule has 2 rings (SSSR count). The number of carbonyl (C=O) groups excluding carboxylic acids is 2. The first-order chi connectivity index (χ1) is 15.0. The fraction of sp³-hybridized carbons (Fsp3) is 0.440. The molecule has 31 heavy (non-hydrogen) atoms. The third-order valence-corrected chi connectivity index (χ3v) is 3.91. The van der Waals surface area contributed by atoms with E-state index in [1.807, 2.05) is 64.3 Å². The highest BCUT2D eigenvalue weighted by molar-refractivity contribution is 7.98. The number of hydrogen-bond acceptors (Lipinski definition) is 4. The SMILES string of the molecule is CC.CC.CCC.COc1ccc(C(=O)Nc2ccccc2)cc1NC(=O)CCSC. The van der Waals surface area contributed by atoms with E-state index in [-0.39, 0.29) is 11.8 Å². The van der Waals surface area contributed by atoms with Gasteiger partial charge < -0.3 is 15.4 Å². The molecular weight excluding hydrogens is 408 g/mol. The highest BCUT2D eigenvalue weighted by Gasteiger charge is 2.12. The van der Waals surface area contributed by atoms with Crippen molar-refractivity contribution in [1.82, 2.24) is 0 Å². The number of ether oxygens (including phenoxy) is 1. The Morgan fingerprint density at radius 3 is 2.03 bits per heavy atom. The first-order valence-corrected chi connectivity index (χ1v) is 12.3. The molecule has 0 radical (unpaired) electrons. The van der Waals surface area contributed by atoms with Crippen LogP contribution >= 0.6 is 11.8 Å². The maximum absolute atomic E-state index is 12.4. The number of rotatable bonds is 7. The van der Waals surface area contributed by atoms with Crippen LogP contribution in [0.1, 0.15) is 64.7 Å². The molecule has 0 spiro atoms. The number of anilines is 2. The molecule has 0 aliphatic carbocycles. The van der Waals surface area contributed by atoms with E-state index in [2.05, 4.69) is 24.5 Å². The average molecular weight is 449 g/mol. The van der Waals surface area contributed by atoms with Crippen LogP contribution in [0.25, 0.3) is 0 Å². The van der Waals surface area contributed by atoms with Crippen LogP contribution in [0, 0.1) is 0 Å². The third kappa shape index (κ3) is 13.4. The van der Waals surface area contributed by atoms with E-state index in [1.54, 1.807) is 30.0 Å². The summed E-state index contributed by atoms with van der Waals surface area (Å²) in [6.45, 7) is 12.2.